The number of nitrogens with zero attached hydrogens (tertiary/aromatic N) is 4. The molecule has 0 aromatic carbocycles. The Morgan fingerprint density at radius 1 is 1.36 bits per heavy atom. The maximum absolute atomic E-state index is 10.4. The van der Waals surface area contributed by atoms with Crippen LogP contribution in [0.15, 0.2) is 12.7 Å². The highest BCUT2D eigenvalue weighted by atomic mass is 28.4. The standard InChI is InChI=1S/C16H27N5O3Si/c1-16(2,3)25(4,5)23-7-11-10(22)6-12(24-11)21-9-20-13-14(17)18-8-19-15(13)21/h8-12,22H,6-7H2,1-5H3,(H2,17,18,19)/t10-,11-,12+/m0/s1. The highest BCUT2D eigenvalue weighted by Gasteiger charge is 2.41. The van der Waals surface area contributed by atoms with E-state index in [9.17, 15) is 5.11 Å². The van der Waals surface area contributed by atoms with Gasteiger partial charge < -0.3 is 20.0 Å². The molecule has 0 aliphatic carbocycles. The molecule has 9 heteroatoms. The Balaban J connectivity index is 1.72. The Labute approximate surface area is 148 Å². The summed E-state index contributed by atoms with van der Waals surface area (Å²) in [7, 11) is -1.89. The van der Waals surface area contributed by atoms with E-state index in [2.05, 4.69) is 48.8 Å². The van der Waals surface area contributed by atoms with Gasteiger partial charge in [-0.05, 0) is 18.1 Å². The van der Waals surface area contributed by atoms with Crippen LogP contribution in [0.4, 0.5) is 5.82 Å². The molecule has 1 fully saturated rings. The zero-order valence-corrected chi connectivity index (χ0v) is 16.4. The largest absolute Gasteiger partial charge is 0.414 e. The first-order valence-corrected chi connectivity index (χ1v) is 11.4. The summed E-state index contributed by atoms with van der Waals surface area (Å²) in [4.78, 5) is 12.4. The van der Waals surface area contributed by atoms with Gasteiger partial charge in [0.15, 0.2) is 19.8 Å². The molecule has 1 aliphatic rings. The van der Waals surface area contributed by atoms with Crippen molar-refractivity contribution in [2.45, 2.75) is 63.8 Å². The molecule has 2 aromatic rings. The fourth-order valence-electron chi connectivity index (χ4n) is 2.62. The number of rotatable bonds is 4. The molecule has 3 atom stereocenters. The van der Waals surface area contributed by atoms with Gasteiger partial charge in [-0.1, -0.05) is 20.8 Å². The zero-order chi connectivity index (χ0) is 18.4. The molecule has 138 valence electrons. The van der Waals surface area contributed by atoms with Crippen LogP contribution >= 0.6 is 0 Å². The van der Waals surface area contributed by atoms with E-state index in [1.807, 2.05) is 0 Å². The predicted molar refractivity (Wildman–Crippen MR) is 97.4 cm³/mol. The highest BCUT2D eigenvalue weighted by molar-refractivity contribution is 6.74. The molecule has 1 aliphatic heterocycles. The van der Waals surface area contributed by atoms with Crippen molar-refractivity contribution in [3.63, 3.8) is 0 Å². The summed E-state index contributed by atoms with van der Waals surface area (Å²) in [6.45, 7) is 11.3. The Morgan fingerprint density at radius 2 is 2.08 bits per heavy atom. The van der Waals surface area contributed by atoms with Crippen molar-refractivity contribution >= 4 is 25.3 Å². The lowest BCUT2D eigenvalue weighted by Crippen LogP contribution is -2.43. The Bertz CT molecular complexity index is 758. The molecule has 0 radical (unpaired) electrons. The highest BCUT2D eigenvalue weighted by Crippen LogP contribution is 2.38. The van der Waals surface area contributed by atoms with Gasteiger partial charge in [0, 0.05) is 6.42 Å². The number of aromatic nitrogens is 4. The molecule has 2 aromatic heterocycles. The van der Waals surface area contributed by atoms with E-state index < -0.39 is 14.4 Å². The van der Waals surface area contributed by atoms with Gasteiger partial charge in [-0.25, -0.2) is 15.0 Å². The first-order chi connectivity index (χ1) is 11.6. The van der Waals surface area contributed by atoms with Gasteiger partial charge in [0.25, 0.3) is 0 Å². The summed E-state index contributed by atoms with van der Waals surface area (Å²) in [6.07, 6.45) is 2.19. The summed E-state index contributed by atoms with van der Waals surface area (Å²) >= 11 is 0. The normalized spacial score (nSPS) is 25.0. The summed E-state index contributed by atoms with van der Waals surface area (Å²) in [5, 5.41) is 10.5. The number of nitrogens with two attached hydrogens (primary N) is 1. The van der Waals surface area contributed by atoms with E-state index in [4.69, 9.17) is 14.9 Å². The fraction of sp³-hybridized carbons (Fsp3) is 0.688. The van der Waals surface area contributed by atoms with Crippen LogP contribution in [0.5, 0.6) is 0 Å². The zero-order valence-electron chi connectivity index (χ0n) is 15.4. The smallest absolute Gasteiger partial charge is 0.192 e. The van der Waals surface area contributed by atoms with Crippen molar-refractivity contribution in [2.24, 2.45) is 0 Å². The molecule has 3 N–H and O–H groups in total. The molecule has 3 heterocycles. The van der Waals surface area contributed by atoms with Crippen LogP contribution in [0.3, 0.4) is 0 Å². The third-order valence-corrected chi connectivity index (χ3v) is 9.82. The van der Waals surface area contributed by atoms with Crippen LogP contribution in [0.2, 0.25) is 18.1 Å². The quantitative estimate of drug-likeness (QED) is 0.798. The second-order valence-corrected chi connectivity index (χ2v) is 12.9. The van der Waals surface area contributed by atoms with E-state index in [1.165, 1.54) is 6.33 Å². The van der Waals surface area contributed by atoms with Gasteiger partial charge >= 0.3 is 0 Å². The van der Waals surface area contributed by atoms with E-state index in [0.717, 1.165) is 0 Å². The van der Waals surface area contributed by atoms with Gasteiger partial charge in [0.1, 0.15) is 24.2 Å². The van der Waals surface area contributed by atoms with Crippen LogP contribution in [-0.4, -0.2) is 51.8 Å². The lowest BCUT2D eigenvalue weighted by molar-refractivity contribution is -0.0405. The van der Waals surface area contributed by atoms with Gasteiger partial charge in [0.05, 0.1) is 19.0 Å². The lowest BCUT2D eigenvalue weighted by Gasteiger charge is -2.37. The van der Waals surface area contributed by atoms with Crippen LogP contribution in [0.1, 0.15) is 33.4 Å². The van der Waals surface area contributed by atoms with E-state index in [0.29, 0.717) is 30.0 Å². The lowest BCUT2D eigenvalue weighted by atomic mass is 10.2. The second kappa shape index (κ2) is 6.31. The van der Waals surface area contributed by atoms with Crippen LogP contribution in [-0.2, 0) is 9.16 Å². The van der Waals surface area contributed by atoms with E-state index in [-0.39, 0.29) is 17.4 Å². The molecular formula is C16H27N5O3Si. The average molecular weight is 366 g/mol. The number of aliphatic hydroxyl groups is 1. The number of hydrogen-bond acceptors (Lipinski definition) is 7. The number of aliphatic hydroxyl groups excluding tert-OH is 1. The molecule has 8 nitrogen and oxygen atoms in total. The third kappa shape index (κ3) is 3.41. The van der Waals surface area contributed by atoms with Gasteiger partial charge in [-0.3, -0.25) is 4.57 Å². The van der Waals surface area contributed by atoms with E-state index in [1.54, 1.807) is 10.9 Å². The van der Waals surface area contributed by atoms with Gasteiger partial charge in [0.2, 0.25) is 0 Å². The number of nitrogen functional groups attached to an aromatic ring is 1. The minimum atomic E-state index is -1.89. The van der Waals surface area contributed by atoms with Crippen molar-refractivity contribution in [3.8, 4) is 0 Å². The minimum absolute atomic E-state index is 0.116. The topological polar surface area (TPSA) is 108 Å². The van der Waals surface area contributed by atoms with Crippen LogP contribution in [0, 0.1) is 0 Å². The number of imidazole rings is 1. The van der Waals surface area contributed by atoms with Crippen LogP contribution < -0.4 is 5.73 Å². The van der Waals surface area contributed by atoms with Crippen molar-refractivity contribution in [1.29, 1.82) is 0 Å². The molecule has 0 bridgehead atoms. The van der Waals surface area contributed by atoms with Crippen molar-refractivity contribution in [2.75, 3.05) is 12.3 Å². The molecule has 3 rings (SSSR count). The molecule has 1 saturated heterocycles. The molecule has 0 amide bonds. The Kier molecular flexibility index (Phi) is 4.61. The first-order valence-electron chi connectivity index (χ1n) is 8.50. The van der Waals surface area contributed by atoms with E-state index >= 15 is 0 Å². The van der Waals surface area contributed by atoms with Gasteiger partial charge in [-0.2, -0.15) is 0 Å². The predicted octanol–water partition coefficient (Wildman–Crippen LogP) is 2.08. The maximum atomic E-state index is 10.4. The minimum Gasteiger partial charge on any atom is -0.414 e. The summed E-state index contributed by atoms with van der Waals surface area (Å²) in [5.74, 6) is 0.333. The molecule has 0 saturated carbocycles. The summed E-state index contributed by atoms with van der Waals surface area (Å²) in [6, 6.07) is 0. The summed E-state index contributed by atoms with van der Waals surface area (Å²) in [5.41, 5.74) is 6.98. The number of ether oxygens (including phenoxy) is 1. The molecule has 25 heavy (non-hydrogen) atoms. The van der Waals surface area contributed by atoms with Crippen molar-refractivity contribution in [3.05, 3.63) is 12.7 Å². The maximum Gasteiger partial charge on any atom is 0.192 e. The average Bonchev–Trinajstić information content (AvgIpc) is 3.08. The SMILES string of the molecule is CC(C)(C)[Si](C)(C)OC[C@@H]1O[C@@H](n2cnc3c(N)ncnc32)C[C@@H]1O. The molecule has 0 spiro atoms. The fourth-order valence-corrected chi connectivity index (χ4v) is 3.64. The van der Waals surface area contributed by atoms with Crippen molar-refractivity contribution in [1.82, 2.24) is 19.5 Å². The van der Waals surface area contributed by atoms with Crippen molar-refractivity contribution < 1.29 is 14.3 Å². The monoisotopic (exact) mass is 365 g/mol. The number of anilines is 1. The first kappa shape index (κ1) is 18.2. The Morgan fingerprint density at radius 3 is 2.76 bits per heavy atom. The summed E-state index contributed by atoms with van der Waals surface area (Å²) < 4.78 is 14.0. The Hall–Kier alpha value is -1.55. The second-order valence-electron chi connectivity index (χ2n) is 8.09. The van der Waals surface area contributed by atoms with Gasteiger partial charge in [-0.15, -0.1) is 0 Å². The van der Waals surface area contributed by atoms with Crippen LogP contribution in [0.25, 0.3) is 11.2 Å². The molecule has 0 unspecified atom stereocenters. The number of fused-ring (bicyclic) bond motifs is 1. The molecular weight excluding hydrogens is 338 g/mol. The third-order valence-electron chi connectivity index (χ3n) is 5.32. The number of hydrogen-bond donors (Lipinski definition) is 2.